The lowest BCUT2D eigenvalue weighted by Gasteiger charge is -2.00. The van der Waals surface area contributed by atoms with Crippen LogP contribution in [0.15, 0.2) is 28.4 Å². The van der Waals surface area contributed by atoms with E-state index in [0.29, 0.717) is 11.3 Å². The standard InChI is InChI=1S/C10H8N2O3S/c1-6-5-7(8-3-2-4-16-8)9(12(14)15)10(13)11-6/h2-5H,1H3,(H,11,13). The molecule has 0 fully saturated rings. The SMILES string of the molecule is Cc1cc(-c2cccs2)c([N+](=O)[O-])c(=O)[nH]1. The number of pyridine rings is 1. The Morgan fingerprint density at radius 3 is 2.81 bits per heavy atom. The van der Waals surface area contributed by atoms with Gasteiger partial charge in [-0.15, -0.1) is 11.3 Å². The summed E-state index contributed by atoms with van der Waals surface area (Å²) in [5, 5.41) is 12.7. The molecule has 2 rings (SSSR count). The van der Waals surface area contributed by atoms with Gasteiger partial charge < -0.3 is 4.98 Å². The Morgan fingerprint density at radius 2 is 2.25 bits per heavy atom. The molecule has 0 amide bonds. The highest BCUT2D eigenvalue weighted by Crippen LogP contribution is 2.30. The molecule has 0 aliphatic rings. The second-order valence-corrected chi connectivity index (χ2v) is 4.23. The van der Waals surface area contributed by atoms with Crippen molar-refractivity contribution in [2.24, 2.45) is 0 Å². The van der Waals surface area contributed by atoms with E-state index in [9.17, 15) is 14.9 Å². The molecule has 0 atom stereocenters. The van der Waals surface area contributed by atoms with Crippen LogP contribution in [-0.4, -0.2) is 9.91 Å². The van der Waals surface area contributed by atoms with Gasteiger partial charge in [-0.05, 0) is 24.4 Å². The highest BCUT2D eigenvalue weighted by Gasteiger charge is 2.21. The van der Waals surface area contributed by atoms with E-state index in [-0.39, 0.29) is 0 Å². The molecule has 82 valence electrons. The molecular weight excluding hydrogens is 228 g/mol. The van der Waals surface area contributed by atoms with Crippen molar-refractivity contribution in [2.75, 3.05) is 0 Å². The van der Waals surface area contributed by atoms with Crippen molar-refractivity contribution >= 4 is 17.0 Å². The van der Waals surface area contributed by atoms with Crippen LogP contribution < -0.4 is 5.56 Å². The van der Waals surface area contributed by atoms with Gasteiger partial charge in [-0.2, -0.15) is 0 Å². The van der Waals surface area contributed by atoms with Crippen LogP contribution in [0, 0.1) is 17.0 Å². The maximum absolute atomic E-state index is 11.5. The van der Waals surface area contributed by atoms with Gasteiger partial charge >= 0.3 is 11.2 Å². The Morgan fingerprint density at radius 1 is 1.50 bits per heavy atom. The third-order valence-electron chi connectivity index (χ3n) is 2.11. The predicted octanol–water partition coefficient (Wildman–Crippen LogP) is 2.32. The molecule has 2 heterocycles. The van der Waals surface area contributed by atoms with Crippen molar-refractivity contribution < 1.29 is 4.92 Å². The van der Waals surface area contributed by atoms with Crippen LogP contribution in [0.1, 0.15) is 5.69 Å². The predicted molar refractivity (Wildman–Crippen MR) is 61.8 cm³/mol. The molecule has 0 radical (unpaired) electrons. The maximum Gasteiger partial charge on any atom is 0.342 e. The van der Waals surface area contributed by atoms with Crippen molar-refractivity contribution in [1.29, 1.82) is 0 Å². The monoisotopic (exact) mass is 236 g/mol. The molecule has 0 aliphatic heterocycles. The van der Waals surface area contributed by atoms with E-state index in [0.717, 1.165) is 4.88 Å². The van der Waals surface area contributed by atoms with Crippen molar-refractivity contribution in [2.45, 2.75) is 6.92 Å². The molecule has 0 saturated heterocycles. The van der Waals surface area contributed by atoms with Crippen molar-refractivity contribution in [3.05, 3.63) is 49.7 Å². The zero-order valence-corrected chi connectivity index (χ0v) is 9.21. The number of nitrogens with one attached hydrogen (secondary N) is 1. The largest absolute Gasteiger partial charge is 0.342 e. The van der Waals surface area contributed by atoms with Crippen molar-refractivity contribution in [3.8, 4) is 10.4 Å². The second kappa shape index (κ2) is 3.90. The van der Waals surface area contributed by atoms with Gasteiger partial charge in [0.2, 0.25) is 0 Å². The van der Waals surface area contributed by atoms with E-state index in [1.807, 2.05) is 5.38 Å². The fraction of sp³-hybridized carbons (Fsp3) is 0.100. The van der Waals surface area contributed by atoms with Gasteiger partial charge in [-0.25, -0.2) is 0 Å². The lowest BCUT2D eigenvalue weighted by Crippen LogP contribution is -2.13. The quantitative estimate of drug-likeness (QED) is 0.642. The van der Waals surface area contributed by atoms with Gasteiger partial charge in [-0.3, -0.25) is 14.9 Å². The molecule has 0 saturated carbocycles. The van der Waals surface area contributed by atoms with Gasteiger partial charge in [0.25, 0.3) is 0 Å². The summed E-state index contributed by atoms with van der Waals surface area (Å²) >= 11 is 1.37. The number of H-pyrrole nitrogens is 1. The summed E-state index contributed by atoms with van der Waals surface area (Å²) in [5.41, 5.74) is -0.0679. The Kier molecular flexibility index (Phi) is 2.57. The molecule has 1 N–H and O–H groups in total. The third kappa shape index (κ3) is 1.74. The fourth-order valence-corrected chi connectivity index (χ4v) is 2.23. The van der Waals surface area contributed by atoms with Crippen LogP contribution in [0.2, 0.25) is 0 Å². The average Bonchev–Trinajstić information content (AvgIpc) is 2.67. The molecule has 2 aromatic rings. The van der Waals surface area contributed by atoms with E-state index in [2.05, 4.69) is 4.98 Å². The van der Waals surface area contributed by atoms with Crippen LogP contribution in [-0.2, 0) is 0 Å². The van der Waals surface area contributed by atoms with Gasteiger partial charge in [0.05, 0.1) is 10.5 Å². The number of rotatable bonds is 2. The second-order valence-electron chi connectivity index (χ2n) is 3.28. The number of aromatic amines is 1. The highest BCUT2D eigenvalue weighted by atomic mass is 32.1. The minimum absolute atomic E-state index is 0.376. The van der Waals surface area contributed by atoms with Crippen LogP contribution in [0.5, 0.6) is 0 Å². The number of thiophene rings is 1. The molecule has 2 aromatic heterocycles. The lowest BCUT2D eigenvalue weighted by molar-refractivity contribution is -0.385. The number of nitrogens with zero attached hydrogens (tertiary/aromatic N) is 1. The molecular formula is C10H8N2O3S. The first kappa shape index (κ1) is 10.6. The molecule has 0 aromatic carbocycles. The molecule has 5 nitrogen and oxygen atoms in total. The van der Waals surface area contributed by atoms with Crippen molar-refractivity contribution in [3.63, 3.8) is 0 Å². The molecule has 0 aliphatic carbocycles. The van der Waals surface area contributed by atoms with Gasteiger partial charge in [0.15, 0.2) is 0 Å². The first-order valence-corrected chi connectivity index (χ1v) is 5.40. The molecule has 0 bridgehead atoms. The number of nitro groups is 1. The Bertz CT molecular complexity index is 587. The maximum atomic E-state index is 11.5. The molecule has 16 heavy (non-hydrogen) atoms. The van der Waals surface area contributed by atoms with E-state index < -0.39 is 16.2 Å². The number of aryl methyl sites for hydroxylation is 1. The first-order chi connectivity index (χ1) is 7.59. The normalized spacial score (nSPS) is 10.3. The minimum atomic E-state index is -0.659. The Hall–Kier alpha value is -1.95. The first-order valence-electron chi connectivity index (χ1n) is 4.52. The summed E-state index contributed by atoms with van der Waals surface area (Å²) in [4.78, 5) is 24.9. The summed E-state index contributed by atoms with van der Waals surface area (Å²) in [7, 11) is 0. The number of hydrogen-bond donors (Lipinski definition) is 1. The van der Waals surface area contributed by atoms with Gasteiger partial charge in [0, 0.05) is 10.6 Å². The molecule has 0 unspecified atom stereocenters. The summed E-state index contributed by atoms with van der Waals surface area (Å²) in [6, 6.07) is 5.16. The van der Waals surface area contributed by atoms with E-state index >= 15 is 0 Å². The van der Waals surface area contributed by atoms with E-state index in [4.69, 9.17) is 0 Å². The van der Waals surface area contributed by atoms with Crippen molar-refractivity contribution in [1.82, 2.24) is 4.98 Å². The van der Waals surface area contributed by atoms with Crippen LogP contribution >= 0.6 is 11.3 Å². The minimum Gasteiger partial charge on any atom is -0.321 e. The summed E-state index contributed by atoms with van der Waals surface area (Å²) in [6.45, 7) is 1.70. The average molecular weight is 236 g/mol. The van der Waals surface area contributed by atoms with E-state index in [1.165, 1.54) is 11.3 Å². The number of aromatic nitrogens is 1. The zero-order valence-electron chi connectivity index (χ0n) is 8.39. The third-order valence-corrected chi connectivity index (χ3v) is 3.01. The Balaban J connectivity index is 2.77. The smallest absolute Gasteiger partial charge is 0.321 e. The van der Waals surface area contributed by atoms with Crippen LogP contribution in [0.3, 0.4) is 0 Å². The van der Waals surface area contributed by atoms with Crippen LogP contribution in [0.4, 0.5) is 5.69 Å². The molecule has 0 spiro atoms. The van der Waals surface area contributed by atoms with Crippen LogP contribution in [0.25, 0.3) is 10.4 Å². The van der Waals surface area contributed by atoms with Gasteiger partial charge in [-0.1, -0.05) is 6.07 Å². The number of hydrogen-bond acceptors (Lipinski definition) is 4. The Labute approximate surface area is 94.5 Å². The summed E-state index contributed by atoms with van der Waals surface area (Å²) in [6.07, 6.45) is 0. The molecule has 6 heteroatoms. The highest BCUT2D eigenvalue weighted by molar-refractivity contribution is 7.13. The topological polar surface area (TPSA) is 76.0 Å². The summed E-state index contributed by atoms with van der Waals surface area (Å²) in [5.74, 6) is 0. The lowest BCUT2D eigenvalue weighted by atomic mass is 10.1. The van der Waals surface area contributed by atoms with E-state index in [1.54, 1.807) is 25.1 Å². The fourth-order valence-electron chi connectivity index (χ4n) is 1.48. The van der Waals surface area contributed by atoms with Gasteiger partial charge in [0.1, 0.15) is 0 Å². The zero-order chi connectivity index (χ0) is 11.7. The summed E-state index contributed by atoms with van der Waals surface area (Å²) < 4.78 is 0.